The molecule has 1 fully saturated rings. The van der Waals surface area contributed by atoms with E-state index >= 15 is 0 Å². The lowest BCUT2D eigenvalue weighted by molar-refractivity contribution is -0.153. The van der Waals surface area contributed by atoms with Gasteiger partial charge in [0.1, 0.15) is 12.1 Å². The van der Waals surface area contributed by atoms with Crippen molar-refractivity contribution in [3.05, 3.63) is 46.8 Å². The smallest absolute Gasteiger partial charge is 0.323 e. The quantitative estimate of drug-likeness (QED) is 0.479. The minimum absolute atomic E-state index is 0.0314. The van der Waals surface area contributed by atoms with E-state index in [1.165, 1.54) is 0 Å². The molecule has 0 aliphatic heterocycles. The highest BCUT2D eigenvalue weighted by Crippen LogP contribution is 2.38. The van der Waals surface area contributed by atoms with Crippen LogP contribution in [0.25, 0.3) is 5.69 Å². The minimum atomic E-state index is -0.611. The van der Waals surface area contributed by atoms with Gasteiger partial charge < -0.3 is 26.1 Å². The Balaban J connectivity index is 1.53. The van der Waals surface area contributed by atoms with Crippen LogP contribution in [0, 0.1) is 18.3 Å². The standard InChI is InChI=1S/C29H40N4O4/c1-16(2)26(30)28(36)37-20-9-6-18(7-10-20)32-22-12-19(8-11-21(22)27(31)35)33-15-17(3)25-23(33)13-29(4,5)14-24(25)34/h8,11-12,15-16,18,20,26,32H,6-7,9-10,13-14,30H2,1-5H3,(H2,31,35)/t18?,20?,26-/m0/s1. The lowest BCUT2D eigenvalue weighted by atomic mass is 9.75. The fourth-order valence-electron chi connectivity index (χ4n) is 5.58. The van der Waals surface area contributed by atoms with Crippen LogP contribution in [0.1, 0.15) is 91.8 Å². The molecule has 1 aromatic carbocycles. The van der Waals surface area contributed by atoms with Crippen LogP contribution in [0.5, 0.6) is 0 Å². The van der Waals surface area contributed by atoms with E-state index < -0.39 is 11.9 Å². The van der Waals surface area contributed by atoms with E-state index in [2.05, 4.69) is 23.7 Å². The van der Waals surface area contributed by atoms with E-state index in [4.69, 9.17) is 16.2 Å². The summed E-state index contributed by atoms with van der Waals surface area (Å²) >= 11 is 0. The van der Waals surface area contributed by atoms with Gasteiger partial charge in [0.05, 0.1) is 5.56 Å². The third-order valence-corrected chi connectivity index (χ3v) is 7.71. The van der Waals surface area contributed by atoms with Crippen molar-refractivity contribution in [2.24, 2.45) is 22.8 Å². The number of nitrogens with zero attached hydrogens (tertiary/aromatic N) is 1. The Morgan fingerprint density at radius 3 is 2.43 bits per heavy atom. The van der Waals surface area contributed by atoms with Crippen LogP contribution in [0.2, 0.25) is 0 Å². The zero-order valence-electron chi connectivity index (χ0n) is 22.6. The molecule has 2 aromatic rings. The third-order valence-electron chi connectivity index (χ3n) is 7.71. The molecule has 2 aliphatic rings. The van der Waals surface area contributed by atoms with Crippen molar-refractivity contribution in [3.8, 4) is 5.69 Å². The molecule has 1 saturated carbocycles. The summed E-state index contributed by atoms with van der Waals surface area (Å²) in [6.07, 6.45) is 6.23. The van der Waals surface area contributed by atoms with Crippen LogP contribution in [0.3, 0.4) is 0 Å². The molecular weight excluding hydrogens is 468 g/mol. The number of ether oxygens (including phenoxy) is 1. The number of Topliss-reactive ketones (excluding diaryl/α,β-unsaturated/α-hetero) is 1. The van der Waals surface area contributed by atoms with Crippen LogP contribution in [-0.4, -0.2) is 40.4 Å². The number of nitrogens with one attached hydrogen (secondary N) is 1. The molecule has 4 rings (SSSR count). The molecule has 200 valence electrons. The average Bonchev–Trinajstić information content (AvgIpc) is 3.14. The lowest BCUT2D eigenvalue weighted by Gasteiger charge is -2.31. The second kappa shape index (κ2) is 10.3. The fourth-order valence-corrected chi connectivity index (χ4v) is 5.58. The number of hydrogen-bond donors (Lipinski definition) is 3. The van der Waals surface area contributed by atoms with Gasteiger partial charge in [0, 0.05) is 41.3 Å². The molecule has 1 heterocycles. The molecule has 5 N–H and O–H groups in total. The maximum atomic E-state index is 12.9. The number of primary amides is 1. The van der Waals surface area contributed by atoms with Gasteiger partial charge in [0.2, 0.25) is 0 Å². The van der Waals surface area contributed by atoms with Crippen molar-refractivity contribution in [2.75, 3.05) is 5.32 Å². The van der Waals surface area contributed by atoms with Crippen molar-refractivity contribution in [1.29, 1.82) is 0 Å². The SMILES string of the molecule is Cc1cn(-c2ccc(C(N)=O)c(NC3CCC(OC(=O)[C@@H](N)C(C)C)CC3)c2)c2c1C(=O)CC(C)(C)C2. The molecule has 2 aliphatic carbocycles. The molecule has 0 unspecified atom stereocenters. The fraction of sp³-hybridized carbons (Fsp3) is 0.552. The van der Waals surface area contributed by atoms with E-state index in [1.807, 2.05) is 39.1 Å². The first-order chi connectivity index (χ1) is 17.4. The molecule has 1 amide bonds. The number of fused-ring (bicyclic) bond motifs is 1. The van der Waals surface area contributed by atoms with Gasteiger partial charge in [-0.2, -0.15) is 0 Å². The second-order valence-electron chi connectivity index (χ2n) is 11.9. The first kappa shape index (κ1) is 26.9. The number of carbonyl (C=O) groups excluding carboxylic acids is 3. The summed E-state index contributed by atoms with van der Waals surface area (Å²) in [5.74, 6) is -0.631. The number of benzene rings is 1. The van der Waals surface area contributed by atoms with Crippen molar-refractivity contribution in [1.82, 2.24) is 4.57 Å². The van der Waals surface area contributed by atoms with Gasteiger partial charge >= 0.3 is 5.97 Å². The highest BCUT2D eigenvalue weighted by atomic mass is 16.5. The number of ketones is 1. The number of aryl methyl sites for hydroxylation is 1. The Morgan fingerprint density at radius 1 is 1.14 bits per heavy atom. The number of hydrogen-bond acceptors (Lipinski definition) is 6. The van der Waals surface area contributed by atoms with Crippen LogP contribution < -0.4 is 16.8 Å². The largest absolute Gasteiger partial charge is 0.461 e. The summed E-state index contributed by atoms with van der Waals surface area (Å²) in [5, 5.41) is 3.52. The van der Waals surface area contributed by atoms with Crippen molar-refractivity contribution in [2.45, 2.75) is 91.3 Å². The molecule has 1 atom stereocenters. The van der Waals surface area contributed by atoms with Gasteiger partial charge in [0.15, 0.2) is 5.78 Å². The number of amides is 1. The summed E-state index contributed by atoms with van der Waals surface area (Å²) in [5.41, 5.74) is 16.3. The molecule has 0 radical (unpaired) electrons. The molecular formula is C29H40N4O4. The van der Waals surface area contributed by atoms with Crippen molar-refractivity contribution < 1.29 is 19.1 Å². The third kappa shape index (κ3) is 5.74. The Bertz CT molecular complexity index is 1200. The molecule has 1 aromatic heterocycles. The topological polar surface area (TPSA) is 129 Å². The van der Waals surface area contributed by atoms with E-state index in [9.17, 15) is 14.4 Å². The van der Waals surface area contributed by atoms with Gasteiger partial charge in [-0.1, -0.05) is 27.7 Å². The Hall–Kier alpha value is -3.13. The van der Waals surface area contributed by atoms with Crippen molar-refractivity contribution >= 4 is 23.3 Å². The summed E-state index contributed by atoms with van der Waals surface area (Å²) in [6.45, 7) is 10.0. The molecule has 0 bridgehead atoms. The van der Waals surface area contributed by atoms with Gasteiger partial charge in [-0.25, -0.2) is 0 Å². The molecule has 0 spiro atoms. The number of esters is 1. The van der Waals surface area contributed by atoms with E-state index in [-0.39, 0.29) is 35.2 Å². The maximum absolute atomic E-state index is 12.9. The average molecular weight is 509 g/mol. The predicted molar refractivity (Wildman–Crippen MR) is 144 cm³/mol. The second-order valence-corrected chi connectivity index (χ2v) is 11.9. The van der Waals surface area contributed by atoms with Gasteiger partial charge in [0.25, 0.3) is 5.91 Å². The van der Waals surface area contributed by atoms with E-state index in [1.54, 1.807) is 6.07 Å². The number of nitrogens with two attached hydrogens (primary N) is 2. The first-order valence-electron chi connectivity index (χ1n) is 13.3. The van der Waals surface area contributed by atoms with Crippen LogP contribution in [-0.2, 0) is 16.0 Å². The Labute approximate surface area is 219 Å². The number of carbonyl (C=O) groups is 3. The van der Waals surface area contributed by atoms with Gasteiger partial charge in [-0.05, 0) is 74.1 Å². The summed E-state index contributed by atoms with van der Waals surface area (Å²) in [6, 6.07) is 5.08. The number of anilines is 1. The van der Waals surface area contributed by atoms with Crippen LogP contribution >= 0.6 is 0 Å². The normalized spacial score (nSPS) is 21.9. The van der Waals surface area contributed by atoms with Crippen LogP contribution in [0.4, 0.5) is 5.69 Å². The number of rotatable bonds is 7. The summed E-state index contributed by atoms with van der Waals surface area (Å²) < 4.78 is 7.71. The Morgan fingerprint density at radius 2 is 1.81 bits per heavy atom. The highest BCUT2D eigenvalue weighted by molar-refractivity contribution is 6.01. The highest BCUT2D eigenvalue weighted by Gasteiger charge is 2.35. The van der Waals surface area contributed by atoms with E-state index in [0.717, 1.165) is 54.6 Å². The van der Waals surface area contributed by atoms with Gasteiger partial charge in [-0.3, -0.25) is 14.4 Å². The molecule has 8 heteroatoms. The molecule has 0 saturated heterocycles. The zero-order chi connectivity index (χ0) is 27.1. The first-order valence-corrected chi connectivity index (χ1v) is 13.3. The summed E-state index contributed by atoms with van der Waals surface area (Å²) in [7, 11) is 0. The molecule has 37 heavy (non-hydrogen) atoms. The predicted octanol–water partition coefficient (Wildman–Crippen LogP) is 4.29. The summed E-state index contributed by atoms with van der Waals surface area (Å²) in [4.78, 5) is 37.4. The van der Waals surface area contributed by atoms with Gasteiger partial charge in [-0.15, -0.1) is 0 Å². The lowest BCUT2D eigenvalue weighted by Crippen LogP contribution is -2.40. The maximum Gasteiger partial charge on any atom is 0.323 e. The van der Waals surface area contributed by atoms with E-state index in [0.29, 0.717) is 17.7 Å². The number of aromatic nitrogens is 1. The Kier molecular flexibility index (Phi) is 7.51. The minimum Gasteiger partial charge on any atom is -0.461 e. The zero-order valence-corrected chi connectivity index (χ0v) is 22.6. The van der Waals surface area contributed by atoms with Crippen molar-refractivity contribution in [3.63, 3.8) is 0 Å². The monoisotopic (exact) mass is 508 g/mol. The molecule has 8 nitrogen and oxygen atoms in total. The van der Waals surface area contributed by atoms with Crippen LogP contribution in [0.15, 0.2) is 24.4 Å².